The minimum atomic E-state index is -0.551. The number of hydrogen-bond acceptors (Lipinski definition) is 2. The molecule has 0 aliphatic carbocycles. The van der Waals surface area contributed by atoms with E-state index in [0.29, 0.717) is 13.0 Å². The predicted molar refractivity (Wildman–Crippen MR) is 55.0 cm³/mol. The Hall–Kier alpha value is -1.48. The summed E-state index contributed by atoms with van der Waals surface area (Å²) in [5.41, 5.74) is 0. The Morgan fingerprint density at radius 2 is 2.14 bits per heavy atom. The number of nitrogens with one attached hydrogen (secondary N) is 1. The number of nitriles is 1. The Morgan fingerprint density at radius 1 is 1.50 bits per heavy atom. The molecule has 1 N–H and O–H groups in total. The summed E-state index contributed by atoms with van der Waals surface area (Å²) in [5, 5.41) is 11.4. The molecule has 3 nitrogen and oxygen atoms in total. The van der Waals surface area contributed by atoms with Crippen molar-refractivity contribution in [3.63, 3.8) is 0 Å². The highest BCUT2D eigenvalue weighted by Gasteiger charge is 2.20. The average Bonchev–Trinajstić information content (AvgIpc) is 2.13. The predicted octanol–water partition coefficient (Wildman–Crippen LogP) is 1.31. The number of nitrogens with zero attached hydrogens (tertiary/aromatic N) is 1. The zero-order chi connectivity index (χ0) is 11.0. The van der Waals surface area contributed by atoms with Gasteiger partial charge in [-0.25, -0.2) is 0 Å². The quantitative estimate of drug-likeness (QED) is 0.539. The van der Waals surface area contributed by atoms with E-state index in [9.17, 15) is 4.79 Å². The van der Waals surface area contributed by atoms with Crippen molar-refractivity contribution < 1.29 is 4.79 Å². The molecule has 1 amide bonds. The highest BCUT2D eigenvalue weighted by atomic mass is 16.1. The molecule has 0 spiro atoms. The molecule has 14 heavy (non-hydrogen) atoms. The van der Waals surface area contributed by atoms with Gasteiger partial charge in [-0.05, 0) is 12.8 Å². The monoisotopic (exact) mass is 192 g/mol. The van der Waals surface area contributed by atoms with E-state index >= 15 is 0 Å². The van der Waals surface area contributed by atoms with Crippen LogP contribution in [0, 0.1) is 35.0 Å². The fraction of sp³-hybridized carbons (Fsp3) is 0.636. The van der Waals surface area contributed by atoms with Gasteiger partial charge < -0.3 is 5.32 Å². The lowest BCUT2D eigenvalue weighted by atomic mass is 9.97. The molecule has 1 atom stereocenters. The summed E-state index contributed by atoms with van der Waals surface area (Å²) >= 11 is 0. The van der Waals surface area contributed by atoms with Gasteiger partial charge in [0.05, 0.1) is 6.07 Å². The standard InChI is InChI=1S/C11H16N2O/c1-4-5-6-7-13-11(14)10(8-12)9(2)3/h9-10H,6-7H2,1-3H3,(H,13,14). The number of hydrogen-bond donors (Lipinski definition) is 1. The highest BCUT2D eigenvalue weighted by Crippen LogP contribution is 2.08. The van der Waals surface area contributed by atoms with E-state index in [1.165, 1.54) is 0 Å². The third-order valence-corrected chi connectivity index (χ3v) is 1.81. The SMILES string of the molecule is CC#CCCNC(=O)C(C#N)C(C)C. The van der Waals surface area contributed by atoms with E-state index in [1.807, 2.05) is 19.9 Å². The fourth-order valence-electron chi connectivity index (χ4n) is 0.994. The van der Waals surface area contributed by atoms with Crippen molar-refractivity contribution >= 4 is 5.91 Å². The maximum absolute atomic E-state index is 11.4. The first-order valence-corrected chi connectivity index (χ1v) is 4.70. The van der Waals surface area contributed by atoms with Crippen molar-refractivity contribution in [1.29, 1.82) is 5.26 Å². The van der Waals surface area contributed by atoms with Gasteiger partial charge in [-0.15, -0.1) is 11.8 Å². The molecule has 0 rings (SSSR count). The van der Waals surface area contributed by atoms with Crippen molar-refractivity contribution in [1.82, 2.24) is 5.32 Å². The molecule has 0 saturated heterocycles. The summed E-state index contributed by atoms with van der Waals surface area (Å²) in [5.74, 6) is 4.89. The Labute approximate surface area is 85.5 Å². The van der Waals surface area contributed by atoms with Crippen LogP contribution in [0.25, 0.3) is 0 Å². The van der Waals surface area contributed by atoms with Gasteiger partial charge in [0.25, 0.3) is 0 Å². The largest absolute Gasteiger partial charge is 0.354 e. The second kappa shape index (κ2) is 6.97. The zero-order valence-corrected chi connectivity index (χ0v) is 8.92. The van der Waals surface area contributed by atoms with Gasteiger partial charge in [-0.3, -0.25) is 4.79 Å². The lowest BCUT2D eigenvalue weighted by Crippen LogP contribution is -2.33. The maximum atomic E-state index is 11.4. The summed E-state index contributed by atoms with van der Waals surface area (Å²) in [6.07, 6.45) is 0.637. The van der Waals surface area contributed by atoms with Crippen molar-refractivity contribution in [2.75, 3.05) is 6.54 Å². The van der Waals surface area contributed by atoms with Crippen molar-refractivity contribution in [2.24, 2.45) is 11.8 Å². The van der Waals surface area contributed by atoms with Crippen molar-refractivity contribution in [2.45, 2.75) is 27.2 Å². The van der Waals surface area contributed by atoms with E-state index in [0.717, 1.165) is 0 Å². The number of amides is 1. The fourth-order valence-corrected chi connectivity index (χ4v) is 0.994. The van der Waals surface area contributed by atoms with Crippen LogP contribution in [0.2, 0.25) is 0 Å². The Balaban J connectivity index is 3.93. The van der Waals surface area contributed by atoms with Crippen LogP contribution in [0.15, 0.2) is 0 Å². The molecule has 0 aromatic rings. The smallest absolute Gasteiger partial charge is 0.237 e. The molecule has 0 aliphatic heterocycles. The second-order valence-corrected chi connectivity index (χ2v) is 3.32. The van der Waals surface area contributed by atoms with Gasteiger partial charge in [-0.1, -0.05) is 13.8 Å². The molecule has 0 fully saturated rings. The first-order valence-electron chi connectivity index (χ1n) is 4.70. The van der Waals surface area contributed by atoms with Crippen LogP contribution in [0.5, 0.6) is 0 Å². The van der Waals surface area contributed by atoms with Gasteiger partial charge in [0.15, 0.2) is 0 Å². The molecule has 0 aliphatic rings. The zero-order valence-electron chi connectivity index (χ0n) is 8.92. The van der Waals surface area contributed by atoms with Crippen LogP contribution in [-0.2, 0) is 4.79 Å². The van der Waals surface area contributed by atoms with Crippen LogP contribution >= 0.6 is 0 Å². The first-order chi connectivity index (χ1) is 6.63. The van der Waals surface area contributed by atoms with Crippen LogP contribution < -0.4 is 5.32 Å². The lowest BCUT2D eigenvalue weighted by molar-refractivity contribution is -0.124. The highest BCUT2D eigenvalue weighted by molar-refractivity contribution is 5.81. The molecule has 0 heterocycles. The van der Waals surface area contributed by atoms with Gasteiger partial charge in [-0.2, -0.15) is 5.26 Å². The van der Waals surface area contributed by atoms with Crippen molar-refractivity contribution in [3.05, 3.63) is 0 Å². The Bertz CT molecular complexity index is 278. The van der Waals surface area contributed by atoms with Gasteiger partial charge in [0.1, 0.15) is 5.92 Å². The average molecular weight is 192 g/mol. The van der Waals surface area contributed by atoms with E-state index < -0.39 is 5.92 Å². The summed E-state index contributed by atoms with van der Waals surface area (Å²) in [6, 6.07) is 1.99. The molecule has 0 aromatic carbocycles. The topological polar surface area (TPSA) is 52.9 Å². The maximum Gasteiger partial charge on any atom is 0.237 e. The Kier molecular flexibility index (Phi) is 6.24. The first kappa shape index (κ1) is 12.5. The number of carbonyl (C=O) groups is 1. The van der Waals surface area contributed by atoms with Gasteiger partial charge in [0, 0.05) is 13.0 Å². The molecule has 0 bridgehead atoms. The van der Waals surface area contributed by atoms with Gasteiger partial charge in [0.2, 0.25) is 5.91 Å². The summed E-state index contributed by atoms with van der Waals surface area (Å²) in [6.45, 7) is 6.00. The molecule has 1 unspecified atom stereocenters. The molecule has 76 valence electrons. The molecule has 3 heteroatoms. The third kappa shape index (κ3) is 4.52. The Morgan fingerprint density at radius 3 is 2.57 bits per heavy atom. The third-order valence-electron chi connectivity index (χ3n) is 1.81. The minimum absolute atomic E-state index is 0.0530. The molecular formula is C11H16N2O. The molecule has 0 aromatic heterocycles. The van der Waals surface area contributed by atoms with E-state index in [1.54, 1.807) is 6.92 Å². The van der Waals surface area contributed by atoms with Crippen LogP contribution in [0.4, 0.5) is 0 Å². The minimum Gasteiger partial charge on any atom is -0.354 e. The molecule has 0 radical (unpaired) electrons. The molecular weight excluding hydrogens is 176 g/mol. The number of rotatable bonds is 4. The molecule has 0 saturated carbocycles. The van der Waals surface area contributed by atoms with Crippen LogP contribution in [0.1, 0.15) is 27.2 Å². The normalized spacial score (nSPS) is 11.1. The second-order valence-electron chi connectivity index (χ2n) is 3.32. The lowest BCUT2D eigenvalue weighted by Gasteiger charge is -2.11. The van der Waals surface area contributed by atoms with Crippen LogP contribution in [-0.4, -0.2) is 12.5 Å². The number of carbonyl (C=O) groups excluding carboxylic acids is 1. The van der Waals surface area contributed by atoms with E-state index in [4.69, 9.17) is 5.26 Å². The van der Waals surface area contributed by atoms with Gasteiger partial charge >= 0.3 is 0 Å². The van der Waals surface area contributed by atoms with E-state index in [2.05, 4.69) is 17.2 Å². The summed E-state index contributed by atoms with van der Waals surface area (Å²) in [4.78, 5) is 11.4. The summed E-state index contributed by atoms with van der Waals surface area (Å²) in [7, 11) is 0. The summed E-state index contributed by atoms with van der Waals surface area (Å²) < 4.78 is 0. The van der Waals surface area contributed by atoms with Crippen molar-refractivity contribution in [3.8, 4) is 17.9 Å². The van der Waals surface area contributed by atoms with Crippen LogP contribution in [0.3, 0.4) is 0 Å². The van der Waals surface area contributed by atoms with E-state index in [-0.39, 0.29) is 11.8 Å².